The van der Waals surface area contributed by atoms with Gasteiger partial charge in [-0.1, -0.05) is 0 Å². The van der Waals surface area contributed by atoms with Crippen LogP contribution in [0.5, 0.6) is 11.5 Å². The molecule has 0 radical (unpaired) electrons. The zero-order chi connectivity index (χ0) is 17.6. The molecule has 0 bridgehead atoms. The van der Waals surface area contributed by atoms with Crippen LogP contribution in [0, 0.1) is 0 Å². The Morgan fingerprint density at radius 2 is 1.89 bits per heavy atom. The SMILES string of the molecule is COc1ccc(OC)c(CN2CCN(C(=O)CC3CCCN3)CC2)c1.Cl.Cl. The van der Waals surface area contributed by atoms with Gasteiger partial charge in [-0.25, -0.2) is 0 Å². The predicted octanol–water partition coefficient (Wildman–Crippen LogP) is 2.33. The summed E-state index contributed by atoms with van der Waals surface area (Å²) >= 11 is 0. The molecule has 8 heteroatoms. The first-order valence-corrected chi connectivity index (χ1v) is 9.14. The van der Waals surface area contributed by atoms with E-state index in [1.54, 1.807) is 14.2 Å². The molecular formula is C19H31Cl2N3O3. The van der Waals surface area contributed by atoms with Crippen molar-refractivity contribution < 1.29 is 14.3 Å². The molecule has 154 valence electrons. The van der Waals surface area contributed by atoms with E-state index in [1.165, 1.54) is 6.42 Å². The lowest BCUT2D eigenvalue weighted by molar-refractivity contribution is -0.133. The number of hydrogen-bond acceptors (Lipinski definition) is 5. The van der Waals surface area contributed by atoms with Crippen molar-refractivity contribution in [3.63, 3.8) is 0 Å². The molecule has 1 atom stereocenters. The smallest absolute Gasteiger partial charge is 0.224 e. The third-order valence-electron chi connectivity index (χ3n) is 5.19. The Kier molecular flexibility index (Phi) is 10.2. The topological polar surface area (TPSA) is 54.0 Å². The molecule has 3 rings (SSSR count). The van der Waals surface area contributed by atoms with Crippen LogP contribution in [0.1, 0.15) is 24.8 Å². The Morgan fingerprint density at radius 1 is 1.15 bits per heavy atom. The number of rotatable bonds is 6. The van der Waals surface area contributed by atoms with Gasteiger partial charge in [-0.05, 0) is 37.6 Å². The van der Waals surface area contributed by atoms with Crippen molar-refractivity contribution in [2.45, 2.75) is 31.8 Å². The van der Waals surface area contributed by atoms with Gasteiger partial charge in [0.15, 0.2) is 0 Å². The average Bonchev–Trinajstić information content (AvgIpc) is 3.15. The molecule has 6 nitrogen and oxygen atoms in total. The summed E-state index contributed by atoms with van der Waals surface area (Å²) in [6.07, 6.45) is 2.96. The molecule has 1 aromatic carbocycles. The second-order valence-corrected chi connectivity index (χ2v) is 6.83. The minimum Gasteiger partial charge on any atom is -0.497 e. The number of piperazine rings is 1. The van der Waals surface area contributed by atoms with Gasteiger partial charge in [0.05, 0.1) is 14.2 Å². The van der Waals surface area contributed by atoms with E-state index >= 15 is 0 Å². The normalized spacial score (nSPS) is 19.8. The van der Waals surface area contributed by atoms with Crippen LogP contribution < -0.4 is 14.8 Å². The summed E-state index contributed by atoms with van der Waals surface area (Å²) in [6, 6.07) is 6.27. The molecule has 2 aliphatic heterocycles. The lowest BCUT2D eigenvalue weighted by atomic mass is 10.1. The van der Waals surface area contributed by atoms with Gasteiger partial charge < -0.3 is 19.7 Å². The van der Waals surface area contributed by atoms with Crippen LogP contribution in [0.25, 0.3) is 0 Å². The molecular weight excluding hydrogens is 389 g/mol. The number of methoxy groups -OCH3 is 2. The highest BCUT2D eigenvalue weighted by atomic mass is 35.5. The van der Waals surface area contributed by atoms with Crippen LogP contribution in [-0.4, -0.2) is 68.7 Å². The number of nitrogens with one attached hydrogen (secondary N) is 1. The van der Waals surface area contributed by atoms with Crippen molar-refractivity contribution in [3.8, 4) is 11.5 Å². The summed E-state index contributed by atoms with van der Waals surface area (Å²) < 4.78 is 10.8. The number of carbonyl (C=O) groups is 1. The molecule has 27 heavy (non-hydrogen) atoms. The molecule has 1 unspecified atom stereocenters. The first-order valence-electron chi connectivity index (χ1n) is 9.14. The van der Waals surface area contributed by atoms with Crippen LogP contribution in [0.2, 0.25) is 0 Å². The van der Waals surface area contributed by atoms with Crippen molar-refractivity contribution in [2.75, 3.05) is 46.9 Å². The minimum atomic E-state index is 0. The molecule has 0 aromatic heterocycles. The fourth-order valence-corrected chi connectivity index (χ4v) is 3.67. The van der Waals surface area contributed by atoms with Gasteiger partial charge in [0.2, 0.25) is 5.91 Å². The van der Waals surface area contributed by atoms with E-state index in [0.717, 1.165) is 62.8 Å². The average molecular weight is 420 g/mol. The van der Waals surface area contributed by atoms with E-state index < -0.39 is 0 Å². The molecule has 0 saturated carbocycles. The fourth-order valence-electron chi connectivity index (χ4n) is 3.67. The molecule has 1 N–H and O–H groups in total. The van der Waals surface area contributed by atoms with Crippen molar-refractivity contribution in [1.82, 2.24) is 15.1 Å². The predicted molar refractivity (Wildman–Crippen MR) is 112 cm³/mol. The van der Waals surface area contributed by atoms with Crippen LogP contribution in [0.3, 0.4) is 0 Å². The maximum atomic E-state index is 12.4. The number of carbonyl (C=O) groups excluding carboxylic acids is 1. The highest BCUT2D eigenvalue weighted by Gasteiger charge is 2.25. The Balaban J connectivity index is 0.00000182. The van der Waals surface area contributed by atoms with Crippen molar-refractivity contribution in [1.29, 1.82) is 0 Å². The van der Waals surface area contributed by atoms with Gasteiger partial charge in [-0.2, -0.15) is 0 Å². The van der Waals surface area contributed by atoms with Crippen LogP contribution >= 0.6 is 24.8 Å². The highest BCUT2D eigenvalue weighted by Crippen LogP contribution is 2.25. The molecule has 1 amide bonds. The highest BCUT2D eigenvalue weighted by molar-refractivity contribution is 5.85. The summed E-state index contributed by atoms with van der Waals surface area (Å²) in [5.41, 5.74) is 1.12. The molecule has 2 saturated heterocycles. The van der Waals surface area contributed by atoms with Gasteiger partial charge in [-0.15, -0.1) is 24.8 Å². The lowest BCUT2D eigenvalue weighted by Gasteiger charge is -2.35. The van der Waals surface area contributed by atoms with Gasteiger partial charge in [0.1, 0.15) is 11.5 Å². The monoisotopic (exact) mass is 419 g/mol. The van der Waals surface area contributed by atoms with Crippen LogP contribution in [0.15, 0.2) is 18.2 Å². The van der Waals surface area contributed by atoms with Gasteiger partial charge in [-0.3, -0.25) is 9.69 Å². The van der Waals surface area contributed by atoms with E-state index in [1.807, 2.05) is 23.1 Å². The second kappa shape index (κ2) is 11.6. The second-order valence-electron chi connectivity index (χ2n) is 6.83. The Hall–Kier alpha value is -1.21. The van der Waals surface area contributed by atoms with E-state index in [4.69, 9.17) is 9.47 Å². The first-order chi connectivity index (χ1) is 12.2. The van der Waals surface area contributed by atoms with E-state index in [0.29, 0.717) is 12.5 Å². The van der Waals surface area contributed by atoms with E-state index in [2.05, 4.69) is 10.2 Å². The fraction of sp³-hybridized carbons (Fsp3) is 0.632. The number of halogens is 2. The zero-order valence-electron chi connectivity index (χ0n) is 16.1. The van der Waals surface area contributed by atoms with Gasteiger partial charge in [0, 0.05) is 50.7 Å². The summed E-state index contributed by atoms with van der Waals surface area (Å²) in [5, 5.41) is 3.41. The zero-order valence-corrected chi connectivity index (χ0v) is 17.7. The quantitative estimate of drug-likeness (QED) is 0.766. The number of nitrogens with zero attached hydrogens (tertiary/aromatic N) is 2. The number of hydrogen-bond donors (Lipinski definition) is 1. The molecule has 0 aliphatic carbocycles. The lowest BCUT2D eigenvalue weighted by Crippen LogP contribution is -2.49. The minimum absolute atomic E-state index is 0. The largest absolute Gasteiger partial charge is 0.497 e. The molecule has 2 heterocycles. The molecule has 1 aromatic rings. The third kappa shape index (κ3) is 6.42. The van der Waals surface area contributed by atoms with Crippen molar-refractivity contribution >= 4 is 30.7 Å². The van der Waals surface area contributed by atoms with Crippen molar-refractivity contribution in [3.05, 3.63) is 23.8 Å². The summed E-state index contributed by atoms with van der Waals surface area (Å²) in [7, 11) is 3.37. The van der Waals surface area contributed by atoms with Crippen molar-refractivity contribution in [2.24, 2.45) is 0 Å². The number of amides is 1. The van der Waals surface area contributed by atoms with E-state index in [9.17, 15) is 4.79 Å². The van der Waals surface area contributed by atoms with Gasteiger partial charge >= 0.3 is 0 Å². The summed E-state index contributed by atoms with van der Waals surface area (Å²) in [5.74, 6) is 2.01. The van der Waals surface area contributed by atoms with E-state index in [-0.39, 0.29) is 30.7 Å². The number of benzene rings is 1. The first kappa shape index (κ1) is 23.8. The standard InChI is InChI=1S/C19H29N3O3.2ClH/c1-24-17-5-6-18(25-2)15(12-17)14-21-8-10-22(11-9-21)19(23)13-16-4-3-7-20-16;;/h5-6,12,16,20H,3-4,7-11,13-14H2,1-2H3;2*1H. The van der Waals surface area contributed by atoms with Gasteiger partial charge in [0.25, 0.3) is 0 Å². The summed E-state index contributed by atoms with van der Waals surface area (Å²) in [6.45, 7) is 5.25. The Labute approximate surface area is 174 Å². The maximum absolute atomic E-state index is 12.4. The number of ether oxygens (including phenoxy) is 2. The van der Waals surface area contributed by atoms with Crippen LogP contribution in [-0.2, 0) is 11.3 Å². The molecule has 2 fully saturated rings. The molecule has 0 spiro atoms. The summed E-state index contributed by atoms with van der Waals surface area (Å²) in [4.78, 5) is 16.8. The Bertz CT molecular complexity index is 590. The molecule has 2 aliphatic rings. The third-order valence-corrected chi connectivity index (χ3v) is 5.19. The maximum Gasteiger partial charge on any atom is 0.224 e. The van der Waals surface area contributed by atoms with Crippen LogP contribution in [0.4, 0.5) is 0 Å². The Morgan fingerprint density at radius 3 is 2.48 bits per heavy atom.